The van der Waals surface area contributed by atoms with E-state index in [2.05, 4.69) is 10.4 Å². The van der Waals surface area contributed by atoms with Crippen molar-refractivity contribution in [2.24, 2.45) is 0 Å². The fourth-order valence-corrected chi connectivity index (χ4v) is 2.58. The van der Waals surface area contributed by atoms with Crippen LogP contribution in [0.4, 0.5) is 10.1 Å². The highest BCUT2D eigenvalue weighted by Gasteiger charge is 2.19. The van der Waals surface area contributed by atoms with Crippen LogP contribution in [0.25, 0.3) is 5.69 Å². The highest BCUT2D eigenvalue weighted by Crippen LogP contribution is 2.15. The molecule has 0 saturated carbocycles. The van der Waals surface area contributed by atoms with E-state index in [4.69, 9.17) is 4.74 Å². The Morgan fingerprint density at radius 1 is 1.11 bits per heavy atom. The number of carbonyl (C=O) groups excluding carboxylic acids is 2. The first-order chi connectivity index (χ1) is 13.3. The quantitative estimate of drug-likeness (QED) is 0.682. The average molecular weight is 381 g/mol. The predicted octanol–water partition coefficient (Wildman–Crippen LogP) is 3.81. The van der Waals surface area contributed by atoms with Crippen molar-refractivity contribution in [3.63, 3.8) is 0 Å². The Balaban J connectivity index is 1.62. The van der Waals surface area contributed by atoms with Gasteiger partial charge in [-0.15, -0.1) is 0 Å². The molecule has 0 aliphatic rings. The number of nitrogens with one attached hydrogen (secondary N) is 1. The summed E-state index contributed by atoms with van der Waals surface area (Å²) in [5.74, 6) is -1.59. The SMILES string of the molecule is Cc1ccc(NC(=O)C(C)OC(=O)c2ccc(-n3nccc3C)cc2)cc1F. The van der Waals surface area contributed by atoms with Crippen LogP contribution in [0.3, 0.4) is 0 Å². The zero-order chi connectivity index (χ0) is 20.3. The molecule has 0 saturated heterocycles. The molecule has 1 atom stereocenters. The molecule has 2 aromatic carbocycles. The third-order valence-corrected chi connectivity index (χ3v) is 4.27. The van der Waals surface area contributed by atoms with E-state index in [-0.39, 0.29) is 0 Å². The van der Waals surface area contributed by atoms with Crippen LogP contribution in [-0.2, 0) is 9.53 Å². The average Bonchev–Trinajstić information content (AvgIpc) is 3.10. The van der Waals surface area contributed by atoms with Crippen molar-refractivity contribution in [2.75, 3.05) is 5.32 Å². The lowest BCUT2D eigenvalue weighted by molar-refractivity contribution is -0.123. The lowest BCUT2D eigenvalue weighted by Gasteiger charge is -2.14. The molecule has 1 aromatic heterocycles. The van der Waals surface area contributed by atoms with Gasteiger partial charge in [0.2, 0.25) is 0 Å². The maximum Gasteiger partial charge on any atom is 0.338 e. The number of ether oxygens (including phenoxy) is 1. The van der Waals surface area contributed by atoms with Crippen LogP contribution in [0.5, 0.6) is 0 Å². The topological polar surface area (TPSA) is 73.2 Å². The first-order valence-corrected chi connectivity index (χ1v) is 8.74. The Morgan fingerprint density at radius 3 is 2.43 bits per heavy atom. The second-order valence-electron chi connectivity index (χ2n) is 6.43. The Bertz CT molecular complexity index is 1010. The number of esters is 1. The molecule has 1 unspecified atom stereocenters. The summed E-state index contributed by atoms with van der Waals surface area (Å²) in [5, 5.41) is 6.74. The molecule has 7 heteroatoms. The first-order valence-electron chi connectivity index (χ1n) is 8.74. The number of halogens is 1. The molecule has 3 aromatic rings. The zero-order valence-corrected chi connectivity index (χ0v) is 15.8. The third kappa shape index (κ3) is 4.25. The van der Waals surface area contributed by atoms with Crippen LogP contribution in [0.1, 0.15) is 28.5 Å². The predicted molar refractivity (Wildman–Crippen MR) is 103 cm³/mol. The van der Waals surface area contributed by atoms with Gasteiger partial charge in [-0.25, -0.2) is 13.9 Å². The fraction of sp³-hybridized carbons (Fsp3) is 0.190. The van der Waals surface area contributed by atoms with Gasteiger partial charge in [0.15, 0.2) is 6.10 Å². The minimum atomic E-state index is -1.04. The summed E-state index contributed by atoms with van der Waals surface area (Å²) in [4.78, 5) is 24.5. The number of amides is 1. The second-order valence-corrected chi connectivity index (χ2v) is 6.43. The van der Waals surface area contributed by atoms with E-state index in [1.165, 1.54) is 13.0 Å². The van der Waals surface area contributed by atoms with Crippen LogP contribution in [0.2, 0.25) is 0 Å². The maximum absolute atomic E-state index is 13.6. The van der Waals surface area contributed by atoms with Crippen molar-refractivity contribution < 1.29 is 18.7 Å². The molecule has 6 nitrogen and oxygen atoms in total. The number of rotatable bonds is 5. The Labute approximate surface area is 161 Å². The lowest BCUT2D eigenvalue weighted by Crippen LogP contribution is -2.30. The van der Waals surface area contributed by atoms with Gasteiger partial charge in [-0.1, -0.05) is 6.07 Å². The molecule has 0 aliphatic heterocycles. The molecule has 0 aliphatic carbocycles. The van der Waals surface area contributed by atoms with Crippen LogP contribution < -0.4 is 5.32 Å². The van der Waals surface area contributed by atoms with Gasteiger partial charge in [0.05, 0.1) is 11.3 Å². The molecule has 3 rings (SSSR count). The molecule has 0 fully saturated rings. The van der Waals surface area contributed by atoms with Gasteiger partial charge in [0.1, 0.15) is 5.82 Å². The minimum absolute atomic E-state index is 0.301. The van der Waals surface area contributed by atoms with E-state index < -0.39 is 23.8 Å². The normalized spacial score (nSPS) is 11.7. The van der Waals surface area contributed by atoms with Gasteiger partial charge in [0.25, 0.3) is 5.91 Å². The highest BCUT2D eigenvalue weighted by molar-refractivity contribution is 5.97. The molecule has 28 heavy (non-hydrogen) atoms. The summed E-state index contributed by atoms with van der Waals surface area (Å²) < 4.78 is 20.5. The van der Waals surface area contributed by atoms with Crippen molar-refractivity contribution in [1.82, 2.24) is 9.78 Å². The summed E-state index contributed by atoms with van der Waals surface area (Å²) in [5.41, 5.74) is 2.87. The Kier molecular flexibility index (Phi) is 5.54. The van der Waals surface area contributed by atoms with Gasteiger partial charge in [0, 0.05) is 17.6 Å². The van der Waals surface area contributed by atoms with Gasteiger partial charge >= 0.3 is 5.97 Å². The first kappa shape index (κ1) is 19.3. The Morgan fingerprint density at radius 2 is 1.82 bits per heavy atom. The molecule has 0 radical (unpaired) electrons. The van der Waals surface area contributed by atoms with E-state index in [9.17, 15) is 14.0 Å². The van der Waals surface area contributed by atoms with E-state index >= 15 is 0 Å². The van der Waals surface area contributed by atoms with E-state index in [0.717, 1.165) is 11.4 Å². The number of hydrogen-bond acceptors (Lipinski definition) is 4. The zero-order valence-electron chi connectivity index (χ0n) is 15.8. The van der Waals surface area contributed by atoms with Crippen molar-refractivity contribution in [3.8, 4) is 5.69 Å². The van der Waals surface area contributed by atoms with Gasteiger partial charge < -0.3 is 10.1 Å². The molecular weight excluding hydrogens is 361 g/mol. The van der Waals surface area contributed by atoms with Crippen LogP contribution in [-0.4, -0.2) is 27.8 Å². The molecule has 1 N–H and O–H groups in total. The molecule has 0 spiro atoms. The molecule has 0 bridgehead atoms. The number of aromatic nitrogens is 2. The van der Waals surface area contributed by atoms with Crippen molar-refractivity contribution in [2.45, 2.75) is 26.9 Å². The van der Waals surface area contributed by atoms with Gasteiger partial charge in [-0.2, -0.15) is 5.10 Å². The number of benzene rings is 2. The van der Waals surface area contributed by atoms with E-state index in [1.807, 2.05) is 13.0 Å². The number of aryl methyl sites for hydroxylation is 2. The molecule has 144 valence electrons. The summed E-state index contributed by atoms with van der Waals surface area (Å²) in [7, 11) is 0. The summed E-state index contributed by atoms with van der Waals surface area (Å²) in [6, 6.07) is 13.0. The largest absolute Gasteiger partial charge is 0.449 e. The van der Waals surface area contributed by atoms with Crippen LogP contribution in [0.15, 0.2) is 54.7 Å². The Hall–Kier alpha value is -3.48. The highest BCUT2D eigenvalue weighted by atomic mass is 19.1. The van der Waals surface area contributed by atoms with E-state index in [0.29, 0.717) is 16.8 Å². The summed E-state index contributed by atoms with van der Waals surface area (Å²) in [6.07, 6.45) is 0.655. The summed E-state index contributed by atoms with van der Waals surface area (Å²) in [6.45, 7) is 5.01. The fourth-order valence-electron chi connectivity index (χ4n) is 2.58. The standard InChI is InChI=1S/C21H20FN3O3/c1-13-4-7-17(12-19(13)22)24-20(26)15(3)28-21(27)16-5-8-18(9-6-16)25-14(2)10-11-23-25/h4-12,15H,1-3H3,(H,24,26). The number of anilines is 1. The molecule has 1 amide bonds. The lowest BCUT2D eigenvalue weighted by atomic mass is 10.2. The van der Waals surface area contributed by atoms with Gasteiger partial charge in [-0.05, 0) is 68.8 Å². The second kappa shape index (κ2) is 8.04. The van der Waals surface area contributed by atoms with Gasteiger partial charge in [-0.3, -0.25) is 4.79 Å². The molecule has 1 heterocycles. The third-order valence-electron chi connectivity index (χ3n) is 4.27. The van der Waals surface area contributed by atoms with E-state index in [1.54, 1.807) is 54.2 Å². The minimum Gasteiger partial charge on any atom is -0.449 e. The number of hydrogen-bond donors (Lipinski definition) is 1. The monoisotopic (exact) mass is 381 g/mol. The number of nitrogens with zero attached hydrogens (tertiary/aromatic N) is 2. The van der Waals surface area contributed by atoms with Crippen molar-refractivity contribution in [1.29, 1.82) is 0 Å². The summed E-state index contributed by atoms with van der Waals surface area (Å²) >= 11 is 0. The van der Waals surface area contributed by atoms with Crippen LogP contribution >= 0.6 is 0 Å². The number of carbonyl (C=O) groups is 2. The smallest absolute Gasteiger partial charge is 0.338 e. The van der Waals surface area contributed by atoms with Crippen molar-refractivity contribution in [3.05, 3.63) is 77.4 Å². The van der Waals surface area contributed by atoms with Crippen molar-refractivity contribution >= 4 is 17.6 Å². The van der Waals surface area contributed by atoms with Crippen LogP contribution in [0, 0.1) is 19.7 Å². The maximum atomic E-state index is 13.6. The molecular formula is C21H20FN3O3.